The minimum atomic E-state index is 0.472. The Balaban J connectivity index is 1.69. The van der Waals surface area contributed by atoms with Crippen LogP contribution in [0.5, 0.6) is 5.75 Å². The highest BCUT2D eigenvalue weighted by Gasteiger charge is 2.19. The Kier molecular flexibility index (Phi) is 9.73. The van der Waals surface area contributed by atoms with Gasteiger partial charge in [-0.15, -0.1) is 0 Å². The first kappa shape index (κ1) is 21.8. The van der Waals surface area contributed by atoms with Gasteiger partial charge in [-0.3, -0.25) is 4.99 Å². The second-order valence-corrected chi connectivity index (χ2v) is 7.22. The summed E-state index contributed by atoms with van der Waals surface area (Å²) in [6.45, 7) is 4.99. The van der Waals surface area contributed by atoms with Gasteiger partial charge in [0.1, 0.15) is 5.75 Å². The van der Waals surface area contributed by atoms with Crippen LogP contribution in [0.3, 0.4) is 0 Å². The zero-order valence-corrected chi connectivity index (χ0v) is 17.5. The molecule has 7 heteroatoms. The fourth-order valence-corrected chi connectivity index (χ4v) is 3.56. The van der Waals surface area contributed by atoms with Crippen molar-refractivity contribution < 1.29 is 9.47 Å². The molecule has 0 saturated carbocycles. The number of hydrogen-bond acceptors (Lipinski definition) is 4. The van der Waals surface area contributed by atoms with Gasteiger partial charge in [0.2, 0.25) is 0 Å². The number of nitrogens with one attached hydrogen (secondary N) is 2. The molecule has 0 amide bonds. The monoisotopic (exact) mass is 396 g/mol. The second kappa shape index (κ2) is 12.1. The molecule has 1 aliphatic heterocycles. The summed E-state index contributed by atoms with van der Waals surface area (Å²) in [5.41, 5.74) is 1.10. The molecule has 1 fully saturated rings. The minimum absolute atomic E-state index is 0.472. The number of methoxy groups -OCH3 is 2. The number of ether oxygens (including phenoxy) is 2. The number of likely N-dealkylation sites (tertiary alicyclic amines) is 1. The van der Waals surface area contributed by atoms with Gasteiger partial charge in [-0.25, -0.2) is 0 Å². The topological polar surface area (TPSA) is 58.1 Å². The maximum Gasteiger partial charge on any atom is 0.191 e. The Morgan fingerprint density at radius 3 is 2.70 bits per heavy atom. The number of nitrogens with zero attached hydrogens (tertiary/aromatic N) is 2. The van der Waals surface area contributed by atoms with E-state index in [9.17, 15) is 0 Å². The summed E-state index contributed by atoms with van der Waals surface area (Å²) in [6.07, 6.45) is 4.21. The zero-order valence-electron chi connectivity index (χ0n) is 16.8. The van der Waals surface area contributed by atoms with Gasteiger partial charge in [-0.2, -0.15) is 0 Å². The van der Waals surface area contributed by atoms with Crippen molar-refractivity contribution in [2.24, 2.45) is 4.99 Å². The molecule has 152 valence electrons. The second-order valence-electron chi connectivity index (χ2n) is 6.81. The third kappa shape index (κ3) is 7.56. The summed E-state index contributed by atoms with van der Waals surface area (Å²) in [6, 6.07) is 6.27. The molecule has 0 spiro atoms. The van der Waals surface area contributed by atoms with E-state index in [-0.39, 0.29) is 0 Å². The molecule has 1 aromatic carbocycles. The van der Waals surface area contributed by atoms with Crippen molar-refractivity contribution in [2.75, 3.05) is 54.1 Å². The molecule has 0 radical (unpaired) electrons. The smallest absolute Gasteiger partial charge is 0.191 e. The highest BCUT2D eigenvalue weighted by atomic mass is 35.5. The molecule has 1 aliphatic rings. The molecule has 1 saturated heterocycles. The number of benzene rings is 1. The van der Waals surface area contributed by atoms with E-state index in [0.29, 0.717) is 6.04 Å². The summed E-state index contributed by atoms with van der Waals surface area (Å²) in [4.78, 5) is 6.87. The molecule has 0 aliphatic carbocycles. The van der Waals surface area contributed by atoms with Gasteiger partial charge in [-0.05, 0) is 43.4 Å². The molecule has 1 heterocycles. The maximum atomic E-state index is 6.31. The van der Waals surface area contributed by atoms with E-state index >= 15 is 0 Å². The highest BCUT2D eigenvalue weighted by molar-refractivity contribution is 6.31. The largest absolute Gasteiger partial charge is 0.497 e. The normalized spacial score (nSPS) is 16.4. The van der Waals surface area contributed by atoms with E-state index in [1.165, 1.54) is 0 Å². The van der Waals surface area contributed by atoms with Crippen molar-refractivity contribution >= 4 is 17.6 Å². The Labute approximate surface area is 168 Å². The van der Waals surface area contributed by atoms with Crippen LogP contribution in [-0.4, -0.2) is 71.0 Å². The molecule has 2 rings (SSSR count). The minimum Gasteiger partial charge on any atom is -0.497 e. The van der Waals surface area contributed by atoms with Crippen LogP contribution in [0.15, 0.2) is 23.2 Å². The van der Waals surface area contributed by atoms with Crippen LogP contribution in [0.1, 0.15) is 24.8 Å². The third-order valence-electron chi connectivity index (χ3n) is 4.92. The van der Waals surface area contributed by atoms with Crippen molar-refractivity contribution in [2.45, 2.75) is 31.7 Å². The molecule has 0 bridgehead atoms. The fourth-order valence-electron chi connectivity index (χ4n) is 3.29. The molecular weight excluding hydrogens is 364 g/mol. The quantitative estimate of drug-likeness (QED) is 0.381. The SMILES string of the molecule is CN=C(NCCc1ccc(OC)cc1Cl)NC1CCN(CCCOC)CC1. The van der Waals surface area contributed by atoms with Gasteiger partial charge in [0.15, 0.2) is 5.96 Å². The van der Waals surface area contributed by atoms with Gasteiger partial charge in [0, 0.05) is 58.0 Å². The van der Waals surface area contributed by atoms with Crippen LogP contribution in [0.25, 0.3) is 0 Å². The van der Waals surface area contributed by atoms with Gasteiger partial charge < -0.3 is 25.0 Å². The zero-order chi connectivity index (χ0) is 19.5. The van der Waals surface area contributed by atoms with Crippen molar-refractivity contribution in [1.82, 2.24) is 15.5 Å². The predicted octanol–water partition coefficient (Wildman–Crippen LogP) is 2.56. The van der Waals surface area contributed by atoms with Crippen LogP contribution in [0.2, 0.25) is 5.02 Å². The number of halogens is 1. The van der Waals surface area contributed by atoms with Crippen LogP contribution >= 0.6 is 11.6 Å². The molecule has 0 aromatic heterocycles. The summed E-state index contributed by atoms with van der Waals surface area (Å²) < 4.78 is 10.3. The van der Waals surface area contributed by atoms with Crippen molar-refractivity contribution in [1.29, 1.82) is 0 Å². The molecule has 6 nitrogen and oxygen atoms in total. The lowest BCUT2D eigenvalue weighted by molar-refractivity contribution is 0.155. The first-order valence-corrected chi connectivity index (χ1v) is 10.0. The van der Waals surface area contributed by atoms with Crippen LogP contribution in [-0.2, 0) is 11.2 Å². The van der Waals surface area contributed by atoms with Crippen LogP contribution < -0.4 is 15.4 Å². The van der Waals surface area contributed by atoms with Crippen LogP contribution in [0.4, 0.5) is 0 Å². The van der Waals surface area contributed by atoms with Crippen molar-refractivity contribution in [3.8, 4) is 5.75 Å². The number of guanidine groups is 1. The molecular formula is C20H33ClN4O2. The maximum absolute atomic E-state index is 6.31. The summed E-state index contributed by atoms with van der Waals surface area (Å²) >= 11 is 6.31. The summed E-state index contributed by atoms with van der Waals surface area (Å²) in [5.74, 6) is 1.64. The summed E-state index contributed by atoms with van der Waals surface area (Å²) in [7, 11) is 5.22. The fraction of sp³-hybridized carbons (Fsp3) is 0.650. The van der Waals surface area contributed by atoms with Gasteiger partial charge in [-0.1, -0.05) is 17.7 Å². The summed E-state index contributed by atoms with van der Waals surface area (Å²) in [5, 5.41) is 7.68. The van der Waals surface area contributed by atoms with E-state index in [1.807, 2.05) is 25.2 Å². The lowest BCUT2D eigenvalue weighted by Gasteiger charge is -2.33. The van der Waals surface area contributed by atoms with Gasteiger partial charge in [0.25, 0.3) is 0 Å². The van der Waals surface area contributed by atoms with Gasteiger partial charge in [0.05, 0.1) is 7.11 Å². The molecule has 1 aromatic rings. The number of piperidine rings is 1. The van der Waals surface area contributed by atoms with Crippen molar-refractivity contribution in [3.63, 3.8) is 0 Å². The Bertz CT molecular complexity index is 589. The highest BCUT2D eigenvalue weighted by Crippen LogP contribution is 2.22. The molecule has 27 heavy (non-hydrogen) atoms. The molecule has 2 N–H and O–H groups in total. The lowest BCUT2D eigenvalue weighted by atomic mass is 10.1. The van der Waals surface area contributed by atoms with E-state index in [2.05, 4.69) is 20.5 Å². The molecule has 0 atom stereocenters. The molecule has 0 unspecified atom stereocenters. The number of hydrogen-bond donors (Lipinski definition) is 2. The van der Waals surface area contributed by atoms with E-state index in [4.69, 9.17) is 21.1 Å². The predicted molar refractivity (Wildman–Crippen MR) is 112 cm³/mol. The first-order chi connectivity index (χ1) is 13.2. The first-order valence-electron chi connectivity index (χ1n) is 9.67. The van der Waals surface area contributed by atoms with E-state index < -0.39 is 0 Å². The lowest BCUT2D eigenvalue weighted by Crippen LogP contribution is -2.49. The van der Waals surface area contributed by atoms with Crippen molar-refractivity contribution in [3.05, 3.63) is 28.8 Å². The average Bonchev–Trinajstić information content (AvgIpc) is 2.69. The Morgan fingerprint density at radius 1 is 1.30 bits per heavy atom. The van der Waals surface area contributed by atoms with Crippen LogP contribution in [0, 0.1) is 0 Å². The third-order valence-corrected chi connectivity index (χ3v) is 5.27. The van der Waals surface area contributed by atoms with E-state index in [0.717, 1.165) is 80.8 Å². The Morgan fingerprint density at radius 2 is 2.07 bits per heavy atom. The van der Waals surface area contributed by atoms with Gasteiger partial charge >= 0.3 is 0 Å². The van der Waals surface area contributed by atoms with E-state index in [1.54, 1.807) is 14.2 Å². The number of aliphatic imine (C=N–C) groups is 1. The Hall–Kier alpha value is -1.50. The average molecular weight is 397 g/mol. The standard InChI is InChI=1S/C20H33ClN4O2/c1-22-20(23-10-7-16-5-6-18(27-3)15-19(16)21)24-17-8-12-25(13-9-17)11-4-14-26-2/h5-6,15,17H,4,7-14H2,1-3H3,(H2,22,23,24). The number of rotatable bonds is 9.